The second-order valence-corrected chi connectivity index (χ2v) is 7.72. The fourth-order valence-electron chi connectivity index (χ4n) is 2.43. The first kappa shape index (κ1) is 19.2. The lowest BCUT2D eigenvalue weighted by atomic mass is 10.2. The summed E-state index contributed by atoms with van der Waals surface area (Å²) in [6.45, 7) is 0.0238. The van der Waals surface area contributed by atoms with Crippen molar-refractivity contribution < 1.29 is 27.4 Å². The Labute approximate surface area is 148 Å². The van der Waals surface area contributed by atoms with E-state index in [4.69, 9.17) is 14.2 Å². The molecule has 9 heteroatoms. The lowest BCUT2D eigenvalue weighted by Gasteiger charge is -2.24. The lowest BCUT2D eigenvalue weighted by molar-refractivity contribution is -0.121. The van der Waals surface area contributed by atoms with Gasteiger partial charge < -0.3 is 19.5 Å². The van der Waals surface area contributed by atoms with Gasteiger partial charge in [-0.05, 0) is 12.8 Å². The van der Waals surface area contributed by atoms with Crippen LogP contribution >= 0.6 is 0 Å². The number of carbonyl (C=O) groups is 1. The van der Waals surface area contributed by atoms with Crippen LogP contribution in [0.4, 0.5) is 5.69 Å². The number of benzene rings is 1. The van der Waals surface area contributed by atoms with Gasteiger partial charge in [0.15, 0.2) is 11.5 Å². The predicted molar refractivity (Wildman–Crippen MR) is 94.1 cm³/mol. The van der Waals surface area contributed by atoms with Gasteiger partial charge in [0.05, 0.1) is 33.3 Å². The van der Waals surface area contributed by atoms with E-state index in [2.05, 4.69) is 5.32 Å². The largest absolute Gasteiger partial charge is 0.493 e. The Hall–Kier alpha value is -2.16. The fraction of sp³-hybridized carbons (Fsp3) is 0.562. The first-order valence-electron chi connectivity index (χ1n) is 7.87. The molecule has 0 atom stereocenters. The molecule has 1 fully saturated rings. The summed E-state index contributed by atoms with van der Waals surface area (Å²) in [5.41, 5.74) is 0.344. The molecule has 2 rings (SSSR count). The summed E-state index contributed by atoms with van der Waals surface area (Å²) in [6.07, 6.45) is 3.12. The van der Waals surface area contributed by atoms with Crippen LogP contribution in [0.3, 0.4) is 0 Å². The van der Waals surface area contributed by atoms with Crippen LogP contribution in [0.25, 0.3) is 0 Å². The standard InChI is InChI=1S/C16H24N2O6S/c1-22-13-9-12(10-14(23-2)16(13)24-3)18(25(4,20)21)8-7-15(19)17-11-5-6-11/h9-11H,5-8H2,1-4H3,(H,17,19). The molecule has 0 aromatic heterocycles. The number of rotatable bonds is 9. The Kier molecular flexibility index (Phi) is 5.99. The molecule has 0 radical (unpaired) electrons. The Bertz CT molecular complexity index is 705. The summed E-state index contributed by atoms with van der Waals surface area (Å²) in [4.78, 5) is 11.9. The third-order valence-corrected chi connectivity index (χ3v) is 5.02. The lowest BCUT2D eigenvalue weighted by Crippen LogP contribution is -2.35. The number of carbonyl (C=O) groups excluding carboxylic acids is 1. The van der Waals surface area contributed by atoms with Gasteiger partial charge in [-0.15, -0.1) is 0 Å². The Balaban J connectivity index is 2.29. The van der Waals surface area contributed by atoms with Crippen molar-refractivity contribution in [2.75, 3.05) is 38.4 Å². The molecule has 1 aliphatic carbocycles. The van der Waals surface area contributed by atoms with Crippen LogP contribution in [-0.4, -0.2) is 54.5 Å². The zero-order valence-electron chi connectivity index (χ0n) is 14.9. The van der Waals surface area contributed by atoms with Gasteiger partial charge in [0.2, 0.25) is 21.7 Å². The van der Waals surface area contributed by atoms with Gasteiger partial charge in [0.1, 0.15) is 0 Å². The minimum atomic E-state index is -3.59. The first-order valence-corrected chi connectivity index (χ1v) is 9.72. The molecule has 1 N–H and O–H groups in total. The zero-order valence-corrected chi connectivity index (χ0v) is 15.7. The molecule has 140 valence electrons. The van der Waals surface area contributed by atoms with E-state index in [1.54, 1.807) is 12.1 Å². The fourth-order valence-corrected chi connectivity index (χ4v) is 3.34. The molecule has 0 bridgehead atoms. The quantitative estimate of drug-likeness (QED) is 0.699. The summed E-state index contributed by atoms with van der Waals surface area (Å²) in [5.74, 6) is 0.887. The molecule has 1 aliphatic rings. The summed E-state index contributed by atoms with van der Waals surface area (Å²) in [7, 11) is 0.781. The smallest absolute Gasteiger partial charge is 0.232 e. The molecular formula is C16H24N2O6S. The molecule has 0 aliphatic heterocycles. The molecular weight excluding hydrogens is 348 g/mol. The number of ether oxygens (including phenoxy) is 3. The second-order valence-electron chi connectivity index (χ2n) is 5.81. The molecule has 1 aromatic rings. The van der Waals surface area contributed by atoms with E-state index in [-0.39, 0.29) is 24.9 Å². The van der Waals surface area contributed by atoms with Crippen LogP contribution in [0.2, 0.25) is 0 Å². The van der Waals surface area contributed by atoms with E-state index in [1.807, 2.05) is 0 Å². The van der Waals surface area contributed by atoms with E-state index in [0.29, 0.717) is 22.9 Å². The van der Waals surface area contributed by atoms with Crippen LogP contribution in [0, 0.1) is 0 Å². The monoisotopic (exact) mass is 372 g/mol. The number of amides is 1. The van der Waals surface area contributed by atoms with Crippen LogP contribution in [-0.2, 0) is 14.8 Å². The second kappa shape index (κ2) is 7.81. The number of hydrogen-bond acceptors (Lipinski definition) is 6. The Morgan fingerprint density at radius 3 is 2.12 bits per heavy atom. The highest BCUT2D eigenvalue weighted by Gasteiger charge is 2.26. The van der Waals surface area contributed by atoms with Crippen molar-refractivity contribution >= 4 is 21.6 Å². The molecule has 0 heterocycles. The topological polar surface area (TPSA) is 94.2 Å². The maximum Gasteiger partial charge on any atom is 0.232 e. The average Bonchev–Trinajstić information content (AvgIpc) is 3.36. The summed E-state index contributed by atoms with van der Waals surface area (Å²) in [5, 5.41) is 2.85. The van der Waals surface area contributed by atoms with Crippen molar-refractivity contribution in [1.29, 1.82) is 0 Å². The van der Waals surface area contributed by atoms with Gasteiger partial charge in [0.25, 0.3) is 0 Å². The third-order valence-electron chi connectivity index (χ3n) is 3.82. The summed E-state index contributed by atoms with van der Waals surface area (Å²) in [6, 6.07) is 3.32. The van der Waals surface area contributed by atoms with Crippen LogP contribution in [0.5, 0.6) is 17.2 Å². The van der Waals surface area contributed by atoms with Gasteiger partial charge in [-0.25, -0.2) is 8.42 Å². The zero-order chi connectivity index (χ0) is 18.6. The minimum Gasteiger partial charge on any atom is -0.493 e. The normalized spacial score (nSPS) is 13.9. The molecule has 1 amide bonds. The van der Waals surface area contributed by atoms with Crippen molar-refractivity contribution in [2.45, 2.75) is 25.3 Å². The number of sulfonamides is 1. The first-order chi connectivity index (χ1) is 11.8. The van der Waals surface area contributed by atoms with Crippen molar-refractivity contribution in [1.82, 2.24) is 5.32 Å². The van der Waals surface area contributed by atoms with Crippen LogP contribution < -0.4 is 23.8 Å². The highest BCUT2D eigenvalue weighted by molar-refractivity contribution is 7.92. The average molecular weight is 372 g/mol. The number of hydrogen-bond donors (Lipinski definition) is 1. The number of nitrogens with one attached hydrogen (secondary N) is 1. The molecule has 1 saturated carbocycles. The molecule has 8 nitrogen and oxygen atoms in total. The maximum absolute atomic E-state index is 12.2. The molecule has 0 saturated heterocycles. The number of nitrogens with zero attached hydrogens (tertiary/aromatic N) is 1. The third kappa shape index (κ3) is 4.91. The van der Waals surface area contributed by atoms with E-state index in [0.717, 1.165) is 23.4 Å². The van der Waals surface area contributed by atoms with E-state index in [1.165, 1.54) is 21.3 Å². The minimum absolute atomic E-state index is 0.0238. The molecule has 0 unspecified atom stereocenters. The van der Waals surface area contributed by atoms with Gasteiger partial charge in [-0.3, -0.25) is 9.10 Å². The predicted octanol–water partition coefficient (Wildman–Crippen LogP) is 1.15. The van der Waals surface area contributed by atoms with Gasteiger partial charge in [-0.2, -0.15) is 0 Å². The molecule has 0 spiro atoms. The van der Waals surface area contributed by atoms with Gasteiger partial charge >= 0.3 is 0 Å². The van der Waals surface area contributed by atoms with Crippen LogP contribution in [0.1, 0.15) is 19.3 Å². The highest BCUT2D eigenvalue weighted by Crippen LogP contribution is 2.41. The number of anilines is 1. The van der Waals surface area contributed by atoms with Crippen molar-refractivity contribution in [3.63, 3.8) is 0 Å². The van der Waals surface area contributed by atoms with Crippen LogP contribution in [0.15, 0.2) is 12.1 Å². The summed E-state index contributed by atoms with van der Waals surface area (Å²) < 4.78 is 41.4. The SMILES string of the molecule is COc1cc(N(CCC(=O)NC2CC2)S(C)(=O)=O)cc(OC)c1OC. The van der Waals surface area contributed by atoms with Crippen molar-refractivity contribution in [3.05, 3.63) is 12.1 Å². The van der Waals surface area contributed by atoms with Crippen molar-refractivity contribution in [3.8, 4) is 17.2 Å². The Morgan fingerprint density at radius 2 is 1.72 bits per heavy atom. The van der Waals surface area contributed by atoms with E-state index >= 15 is 0 Å². The molecule has 25 heavy (non-hydrogen) atoms. The maximum atomic E-state index is 12.2. The Morgan fingerprint density at radius 1 is 1.16 bits per heavy atom. The van der Waals surface area contributed by atoms with Gasteiger partial charge in [0, 0.05) is 31.1 Å². The van der Waals surface area contributed by atoms with Gasteiger partial charge in [-0.1, -0.05) is 0 Å². The van der Waals surface area contributed by atoms with Crippen molar-refractivity contribution in [2.24, 2.45) is 0 Å². The van der Waals surface area contributed by atoms with E-state index < -0.39 is 10.0 Å². The summed E-state index contributed by atoms with van der Waals surface area (Å²) >= 11 is 0. The van der Waals surface area contributed by atoms with E-state index in [9.17, 15) is 13.2 Å². The number of methoxy groups -OCH3 is 3. The molecule has 1 aromatic carbocycles. The highest BCUT2D eigenvalue weighted by atomic mass is 32.2.